The molecule has 2 aromatic heterocycles. The van der Waals surface area contributed by atoms with Gasteiger partial charge in [0.25, 0.3) is 0 Å². The Balaban J connectivity index is 2.46. The van der Waals surface area contributed by atoms with Gasteiger partial charge >= 0.3 is 5.69 Å². The van der Waals surface area contributed by atoms with Crippen LogP contribution in [-0.2, 0) is 0 Å². The smallest absolute Gasteiger partial charge is 0.333 e. The van der Waals surface area contributed by atoms with Gasteiger partial charge in [-0.1, -0.05) is 11.6 Å². The molecule has 0 amide bonds. The van der Waals surface area contributed by atoms with Crippen molar-refractivity contribution < 1.29 is 4.92 Å². The quantitative estimate of drug-likeness (QED) is 0.694. The van der Waals surface area contributed by atoms with Gasteiger partial charge in [0.15, 0.2) is 0 Å². The minimum Gasteiger partial charge on any atom is -0.378 e. The number of hydrogen-bond acceptors (Lipinski definition) is 5. The Morgan fingerprint density at radius 3 is 2.72 bits per heavy atom. The van der Waals surface area contributed by atoms with Crippen LogP contribution in [0.2, 0.25) is 4.34 Å². The molecule has 1 unspecified atom stereocenters. The Labute approximate surface area is 112 Å². The SMILES string of the molecule is Cc1nn(C(C)c2ccc(Cl)s2)c(N)c1[N+](=O)[O-]. The molecule has 0 bridgehead atoms. The molecule has 1 atom stereocenters. The van der Waals surface area contributed by atoms with Gasteiger partial charge < -0.3 is 5.73 Å². The predicted octanol–water partition coefficient (Wildman–Crippen LogP) is 3.01. The third-order valence-electron chi connectivity index (χ3n) is 2.65. The second-order valence-electron chi connectivity index (χ2n) is 3.84. The first-order chi connectivity index (χ1) is 8.41. The first-order valence-electron chi connectivity index (χ1n) is 5.16. The highest BCUT2D eigenvalue weighted by atomic mass is 35.5. The van der Waals surface area contributed by atoms with Crippen LogP contribution < -0.4 is 5.73 Å². The molecule has 0 aromatic carbocycles. The summed E-state index contributed by atoms with van der Waals surface area (Å²) in [6.07, 6.45) is 0. The van der Waals surface area contributed by atoms with E-state index in [1.165, 1.54) is 16.0 Å². The van der Waals surface area contributed by atoms with Gasteiger partial charge in [0.05, 0.1) is 15.3 Å². The van der Waals surface area contributed by atoms with Crippen molar-refractivity contribution in [2.45, 2.75) is 19.9 Å². The van der Waals surface area contributed by atoms with Crippen LogP contribution in [0.15, 0.2) is 12.1 Å². The van der Waals surface area contributed by atoms with E-state index in [9.17, 15) is 10.1 Å². The maximum Gasteiger partial charge on any atom is 0.333 e. The molecular weight excluding hydrogens is 276 g/mol. The van der Waals surface area contributed by atoms with Crippen molar-refractivity contribution in [3.8, 4) is 0 Å². The monoisotopic (exact) mass is 286 g/mol. The fraction of sp³-hybridized carbons (Fsp3) is 0.300. The van der Waals surface area contributed by atoms with Crippen molar-refractivity contribution in [2.24, 2.45) is 0 Å². The number of anilines is 1. The van der Waals surface area contributed by atoms with Gasteiger partial charge in [0, 0.05) is 4.88 Å². The Kier molecular flexibility index (Phi) is 3.27. The van der Waals surface area contributed by atoms with E-state index in [1.807, 2.05) is 13.0 Å². The molecule has 2 N–H and O–H groups in total. The highest BCUT2D eigenvalue weighted by Gasteiger charge is 2.26. The molecule has 18 heavy (non-hydrogen) atoms. The summed E-state index contributed by atoms with van der Waals surface area (Å²) in [7, 11) is 0. The third kappa shape index (κ3) is 2.06. The largest absolute Gasteiger partial charge is 0.378 e. The van der Waals surface area contributed by atoms with Crippen LogP contribution in [0.1, 0.15) is 23.5 Å². The number of nitrogens with zero attached hydrogens (tertiary/aromatic N) is 3. The summed E-state index contributed by atoms with van der Waals surface area (Å²) >= 11 is 7.27. The van der Waals surface area contributed by atoms with E-state index in [-0.39, 0.29) is 17.5 Å². The summed E-state index contributed by atoms with van der Waals surface area (Å²) in [4.78, 5) is 11.3. The number of rotatable bonds is 3. The van der Waals surface area contributed by atoms with E-state index < -0.39 is 4.92 Å². The van der Waals surface area contributed by atoms with Crippen LogP contribution in [0.25, 0.3) is 0 Å². The lowest BCUT2D eigenvalue weighted by Crippen LogP contribution is -2.10. The molecule has 96 valence electrons. The predicted molar refractivity (Wildman–Crippen MR) is 71.2 cm³/mol. The standard InChI is InChI=1S/C10H11ClN4O2S/c1-5-9(15(16)17)10(12)14(13-5)6(2)7-3-4-8(11)18-7/h3-4,6H,12H2,1-2H3. The summed E-state index contributed by atoms with van der Waals surface area (Å²) in [5.41, 5.74) is 5.96. The van der Waals surface area contributed by atoms with Gasteiger partial charge in [0.1, 0.15) is 5.69 Å². The van der Waals surface area contributed by atoms with E-state index in [2.05, 4.69) is 5.10 Å². The van der Waals surface area contributed by atoms with Crippen LogP contribution >= 0.6 is 22.9 Å². The summed E-state index contributed by atoms with van der Waals surface area (Å²) < 4.78 is 2.11. The Morgan fingerprint density at radius 1 is 1.61 bits per heavy atom. The zero-order chi connectivity index (χ0) is 13.4. The van der Waals surface area contributed by atoms with Crippen molar-refractivity contribution in [3.05, 3.63) is 37.2 Å². The lowest BCUT2D eigenvalue weighted by Gasteiger charge is -2.10. The molecule has 0 saturated heterocycles. The maximum atomic E-state index is 10.9. The molecule has 0 fully saturated rings. The number of nitrogens with two attached hydrogens (primary N) is 1. The fourth-order valence-electron chi connectivity index (χ4n) is 1.75. The number of nitrogen functional groups attached to an aromatic ring is 1. The van der Waals surface area contributed by atoms with Gasteiger partial charge in [-0.05, 0) is 26.0 Å². The molecule has 8 heteroatoms. The van der Waals surface area contributed by atoms with E-state index >= 15 is 0 Å². The topological polar surface area (TPSA) is 87.0 Å². The van der Waals surface area contributed by atoms with Crippen molar-refractivity contribution >= 4 is 34.4 Å². The summed E-state index contributed by atoms with van der Waals surface area (Å²) in [5, 5.41) is 15.0. The van der Waals surface area contributed by atoms with Crippen LogP contribution in [-0.4, -0.2) is 14.7 Å². The van der Waals surface area contributed by atoms with Gasteiger partial charge in [-0.15, -0.1) is 11.3 Å². The average molecular weight is 287 g/mol. The number of nitro groups is 1. The summed E-state index contributed by atoms with van der Waals surface area (Å²) in [6.45, 7) is 3.44. The molecule has 2 aromatic rings. The second kappa shape index (κ2) is 4.58. The van der Waals surface area contributed by atoms with E-state index in [0.29, 0.717) is 10.0 Å². The van der Waals surface area contributed by atoms with Crippen LogP contribution in [0.5, 0.6) is 0 Å². The first-order valence-corrected chi connectivity index (χ1v) is 6.35. The average Bonchev–Trinajstić information content (AvgIpc) is 2.82. The number of aromatic nitrogens is 2. The Bertz CT molecular complexity index is 607. The number of hydrogen-bond donors (Lipinski definition) is 1. The summed E-state index contributed by atoms with van der Waals surface area (Å²) in [5.74, 6) is 0.0644. The first kappa shape index (κ1) is 12.8. The van der Waals surface area contributed by atoms with Crippen LogP contribution in [0, 0.1) is 17.0 Å². The van der Waals surface area contributed by atoms with Gasteiger partial charge in [-0.2, -0.15) is 5.10 Å². The molecule has 0 saturated carbocycles. The van der Waals surface area contributed by atoms with E-state index in [0.717, 1.165) is 4.88 Å². The fourth-order valence-corrected chi connectivity index (χ4v) is 2.85. The Hall–Kier alpha value is -1.60. The molecular formula is C10H11ClN4O2S. The van der Waals surface area contributed by atoms with Crippen molar-refractivity contribution in [3.63, 3.8) is 0 Å². The highest BCUT2D eigenvalue weighted by Crippen LogP contribution is 2.33. The van der Waals surface area contributed by atoms with Crippen LogP contribution in [0.4, 0.5) is 11.5 Å². The minimum absolute atomic E-state index is 0.0644. The van der Waals surface area contributed by atoms with Gasteiger partial charge in [0.2, 0.25) is 5.82 Å². The second-order valence-corrected chi connectivity index (χ2v) is 5.59. The summed E-state index contributed by atoms with van der Waals surface area (Å²) in [6, 6.07) is 3.45. The zero-order valence-corrected chi connectivity index (χ0v) is 11.3. The number of thiophene rings is 1. The zero-order valence-electron chi connectivity index (χ0n) is 9.75. The molecule has 6 nitrogen and oxygen atoms in total. The van der Waals surface area contributed by atoms with Gasteiger partial charge in [-0.25, -0.2) is 4.68 Å². The van der Waals surface area contributed by atoms with E-state index in [1.54, 1.807) is 13.0 Å². The van der Waals surface area contributed by atoms with Crippen LogP contribution in [0.3, 0.4) is 0 Å². The molecule has 0 radical (unpaired) electrons. The number of aryl methyl sites for hydroxylation is 1. The lowest BCUT2D eigenvalue weighted by atomic mass is 10.3. The molecule has 2 rings (SSSR count). The van der Waals surface area contributed by atoms with Crippen molar-refractivity contribution in [2.75, 3.05) is 5.73 Å². The molecule has 0 aliphatic rings. The lowest BCUT2D eigenvalue weighted by molar-refractivity contribution is -0.384. The normalized spacial score (nSPS) is 12.6. The molecule has 0 aliphatic heterocycles. The van der Waals surface area contributed by atoms with Gasteiger partial charge in [-0.3, -0.25) is 10.1 Å². The number of halogens is 1. The van der Waals surface area contributed by atoms with Crippen molar-refractivity contribution in [1.82, 2.24) is 9.78 Å². The highest BCUT2D eigenvalue weighted by molar-refractivity contribution is 7.16. The van der Waals surface area contributed by atoms with Crippen molar-refractivity contribution in [1.29, 1.82) is 0 Å². The molecule has 2 heterocycles. The molecule has 0 spiro atoms. The minimum atomic E-state index is -0.512. The maximum absolute atomic E-state index is 10.9. The Morgan fingerprint density at radius 2 is 2.28 bits per heavy atom. The molecule has 0 aliphatic carbocycles. The third-order valence-corrected chi connectivity index (χ3v) is 4.05. The van der Waals surface area contributed by atoms with E-state index in [4.69, 9.17) is 17.3 Å².